The average molecular weight is 417 g/mol. The molecule has 0 saturated heterocycles. The maximum atomic E-state index is 12.5. The van der Waals surface area contributed by atoms with E-state index in [1.807, 2.05) is 0 Å². The number of sulfonamides is 1. The van der Waals surface area contributed by atoms with Crippen molar-refractivity contribution in [3.8, 4) is 0 Å². The van der Waals surface area contributed by atoms with Crippen LogP contribution in [-0.2, 0) is 21.9 Å². The molecule has 0 radical (unpaired) electrons. The smallest absolute Gasteiger partial charge is 0.273 e. The monoisotopic (exact) mass is 416 g/mol. The molecule has 0 unspecified atom stereocenters. The van der Waals surface area contributed by atoms with Gasteiger partial charge >= 0.3 is 0 Å². The van der Waals surface area contributed by atoms with Crippen molar-refractivity contribution in [2.75, 3.05) is 5.32 Å². The van der Waals surface area contributed by atoms with Gasteiger partial charge in [0.15, 0.2) is 0 Å². The molecule has 3 rings (SSSR count). The Kier molecular flexibility index (Phi) is 5.07. The van der Waals surface area contributed by atoms with Gasteiger partial charge in [0.25, 0.3) is 5.91 Å². The summed E-state index contributed by atoms with van der Waals surface area (Å²) in [7, 11) is -2.45. The molecule has 1 aliphatic rings. The predicted molar refractivity (Wildman–Crippen MR) is 96.0 cm³/mol. The molecule has 8 nitrogen and oxygen atoms in total. The molecule has 0 bridgehead atoms. The minimum Gasteiger partial charge on any atom is -0.344 e. The summed E-state index contributed by atoms with van der Waals surface area (Å²) in [6, 6.07) is 2.54. The van der Waals surface area contributed by atoms with Crippen LogP contribution >= 0.6 is 23.2 Å². The highest BCUT2D eigenvalue weighted by atomic mass is 35.5. The summed E-state index contributed by atoms with van der Waals surface area (Å²) >= 11 is 11.9. The normalized spacial score (nSPS) is 15.0. The molecule has 1 aliphatic carbocycles. The first-order valence-corrected chi connectivity index (χ1v) is 9.73. The number of anilines is 1. The Morgan fingerprint density at radius 3 is 2.65 bits per heavy atom. The molecular weight excluding hydrogens is 403 g/mol. The van der Waals surface area contributed by atoms with Crippen molar-refractivity contribution in [2.45, 2.75) is 23.8 Å². The summed E-state index contributed by atoms with van der Waals surface area (Å²) in [6.45, 7) is 0. The molecule has 1 saturated carbocycles. The maximum Gasteiger partial charge on any atom is 0.273 e. The zero-order valence-electron chi connectivity index (χ0n) is 13.5. The summed E-state index contributed by atoms with van der Waals surface area (Å²) in [6.07, 6.45) is 2.98. The largest absolute Gasteiger partial charge is 0.344 e. The number of carbonyl (C=O) groups excluding carboxylic acids is 2. The second-order valence-electron chi connectivity index (χ2n) is 5.85. The van der Waals surface area contributed by atoms with Gasteiger partial charge in [-0.2, -0.15) is 0 Å². The second kappa shape index (κ2) is 6.99. The fourth-order valence-corrected chi connectivity index (χ4v) is 4.65. The van der Waals surface area contributed by atoms with Gasteiger partial charge < -0.3 is 9.88 Å². The number of aromatic nitrogens is 2. The molecule has 26 heavy (non-hydrogen) atoms. The van der Waals surface area contributed by atoms with Gasteiger partial charge in [-0.15, -0.1) is 0 Å². The minimum absolute atomic E-state index is 0.00654. The quantitative estimate of drug-likeness (QED) is 0.723. The van der Waals surface area contributed by atoms with Gasteiger partial charge in [-0.05, 0) is 12.1 Å². The van der Waals surface area contributed by atoms with Crippen LogP contribution in [0.25, 0.3) is 0 Å². The molecule has 0 spiro atoms. The van der Waals surface area contributed by atoms with Crippen molar-refractivity contribution in [3.05, 3.63) is 40.4 Å². The van der Waals surface area contributed by atoms with E-state index in [9.17, 15) is 18.0 Å². The van der Waals surface area contributed by atoms with E-state index < -0.39 is 22.0 Å². The topological polar surface area (TPSA) is 110 Å². The lowest BCUT2D eigenvalue weighted by Gasteiger charge is -2.24. The van der Waals surface area contributed by atoms with Crippen LogP contribution in [0.3, 0.4) is 0 Å². The summed E-state index contributed by atoms with van der Waals surface area (Å²) < 4.78 is 28.7. The zero-order chi connectivity index (χ0) is 19.1. The third-order valence-corrected chi connectivity index (χ3v) is 6.08. The van der Waals surface area contributed by atoms with Crippen molar-refractivity contribution >= 4 is 50.6 Å². The Balaban J connectivity index is 1.85. The Hall–Kier alpha value is -1.94. The number of nitrogens with zero attached hydrogens (tertiary/aromatic N) is 2. The van der Waals surface area contributed by atoms with Gasteiger partial charge in [-0.3, -0.25) is 9.59 Å². The minimum atomic E-state index is -3.96. The van der Waals surface area contributed by atoms with E-state index in [1.165, 1.54) is 36.1 Å². The fraction of sp³-hybridized carbons (Fsp3) is 0.267. The molecule has 138 valence electrons. The molecule has 0 aliphatic heterocycles. The lowest BCUT2D eigenvalue weighted by Crippen LogP contribution is -2.44. The van der Waals surface area contributed by atoms with E-state index in [4.69, 9.17) is 23.2 Å². The number of pyridine rings is 1. The van der Waals surface area contributed by atoms with Crippen molar-refractivity contribution in [2.24, 2.45) is 7.05 Å². The molecular formula is C15H14Cl2N4O4S. The summed E-state index contributed by atoms with van der Waals surface area (Å²) in [5, 5.41) is 2.58. The van der Waals surface area contributed by atoms with Crippen molar-refractivity contribution in [1.29, 1.82) is 0 Å². The predicted octanol–water partition coefficient (Wildman–Crippen LogP) is 1.99. The zero-order valence-corrected chi connectivity index (χ0v) is 15.8. The molecule has 1 fully saturated rings. The number of carbonyl (C=O) groups is 2. The highest BCUT2D eigenvalue weighted by Crippen LogP contribution is 2.29. The van der Waals surface area contributed by atoms with E-state index >= 15 is 0 Å². The number of rotatable bonds is 5. The van der Waals surface area contributed by atoms with Crippen LogP contribution in [0, 0.1) is 0 Å². The first-order valence-electron chi connectivity index (χ1n) is 7.49. The van der Waals surface area contributed by atoms with Gasteiger partial charge in [0.1, 0.15) is 21.5 Å². The van der Waals surface area contributed by atoms with Crippen LogP contribution in [0.1, 0.15) is 23.3 Å². The molecule has 0 atom stereocenters. The van der Waals surface area contributed by atoms with Crippen LogP contribution in [0.2, 0.25) is 10.2 Å². The third kappa shape index (κ3) is 3.75. The number of amides is 1. The van der Waals surface area contributed by atoms with Crippen LogP contribution in [0.4, 0.5) is 5.69 Å². The van der Waals surface area contributed by atoms with Crippen molar-refractivity contribution < 1.29 is 18.0 Å². The van der Waals surface area contributed by atoms with Crippen LogP contribution in [-0.4, -0.2) is 35.7 Å². The number of ketones is 1. The number of Topliss-reactive ketones (excluding diaryl/α,β-unsaturated/α-hetero) is 1. The van der Waals surface area contributed by atoms with Crippen LogP contribution < -0.4 is 10.0 Å². The molecule has 2 aromatic heterocycles. The van der Waals surface area contributed by atoms with Crippen LogP contribution in [0.5, 0.6) is 0 Å². The van der Waals surface area contributed by atoms with Crippen LogP contribution in [0.15, 0.2) is 29.4 Å². The van der Waals surface area contributed by atoms with Gasteiger partial charge in [-0.25, -0.2) is 18.1 Å². The number of hydrogen-bond acceptors (Lipinski definition) is 5. The van der Waals surface area contributed by atoms with Crippen molar-refractivity contribution in [1.82, 2.24) is 14.3 Å². The Morgan fingerprint density at radius 1 is 1.35 bits per heavy atom. The van der Waals surface area contributed by atoms with E-state index in [0.717, 1.165) is 0 Å². The molecule has 1 amide bonds. The highest BCUT2D eigenvalue weighted by molar-refractivity contribution is 7.89. The summed E-state index contributed by atoms with van der Waals surface area (Å²) in [4.78, 5) is 27.1. The molecule has 2 N–H and O–H groups in total. The lowest BCUT2D eigenvalue weighted by molar-refractivity contribution is -0.124. The van der Waals surface area contributed by atoms with Gasteiger partial charge in [0.05, 0.1) is 5.02 Å². The molecule has 2 heterocycles. The molecule has 11 heteroatoms. The number of halogens is 2. The molecule has 2 aromatic rings. The van der Waals surface area contributed by atoms with E-state index in [0.29, 0.717) is 5.69 Å². The van der Waals surface area contributed by atoms with E-state index in [-0.39, 0.29) is 39.4 Å². The Morgan fingerprint density at radius 2 is 2.04 bits per heavy atom. The summed E-state index contributed by atoms with van der Waals surface area (Å²) in [5.41, 5.74) is 0.368. The Bertz CT molecular complexity index is 995. The number of nitrogens with one attached hydrogen (secondary N) is 2. The first kappa shape index (κ1) is 18.8. The van der Waals surface area contributed by atoms with Gasteiger partial charge in [0, 0.05) is 44.0 Å². The number of hydrogen-bond donors (Lipinski definition) is 2. The maximum absolute atomic E-state index is 12.5. The average Bonchev–Trinajstić information content (AvgIpc) is 2.81. The van der Waals surface area contributed by atoms with E-state index in [1.54, 1.807) is 0 Å². The Labute approximate surface area is 159 Å². The first-order chi connectivity index (χ1) is 12.2. The second-order valence-corrected chi connectivity index (χ2v) is 8.30. The fourth-order valence-electron chi connectivity index (χ4n) is 2.54. The lowest BCUT2D eigenvalue weighted by atomic mass is 9.93. The standard InChI is InChI=1S/C15H14Cl2N4O4S/c1-21-7-11(26(24,25)20-9-4-10(22)5-9)13(17)14(21)15(23)19-8-2-3-18-12(16)6-8/h2-3,6-7,9,20H,4-5H2,1H3,(H,18,19,23). The van der Waals surface area contributed by atoms with Gasteiger partial charge in [-0.1, -0.05) is 23.2 Å². The van der Waals surface area contributed by atoms with Crippen molar-refractivity contribution in [3.63, 3.8) is 0 Å². The summed E-state index contributed by atoms with van der Waals surface area (Å²) in [5.74, 6) is -0.604. The van der Waals surface area contributed by atoms with Gasteiger partial charge in [0.2, 0.25) is 10.0 Å². The van der Waals surface area contributed by atoms with E-state index in [2.05, 4.69) is 15.0 Å². The SMILES string of the molecule is Cn1cc(S(=O)(=O)NC2CC(=O)C2)c(Cl)c1C(=O)Nc1ccnc(Cl)c1. The third-order valence-electron chi connectivity index (χ3n) is 3.85. The number of aryl methyl sites for hydroxylation is 1. The molecule has 0 aromatic carbocycles. The highest BCUT2D eigenvalue weighted by Gasteiger charge is 2.34.